The lowest BCUT2D eigenvalue weighted by Crippen LogP contribution is -2.17. The van der Waals surface area contributed by atoms with Crippen molar-refractivity contribution in [2.75, 3.05) is 0 Å². The largest absolute Gasteiger partial charge is 0.310 e. The van der Waals surface area contributed by atoms with Gasteiger partial charge in [0.15, 0.2) is 0 Å². The fraction of sp³-hybridized carbons (Fsp3) is 0.500. The SMILES string of the molecule is CC1CC1NCc1ccc(F)nc1. The minimum Gasteiger partial charge on any atom is -0.310 e. The van der Waals surface area contributed by atoms with Crippen LogP contribution in [0.25, 0.3) is 0 Å². The van der Waals surface area contributed by atoms with Gasteiger partial charge in [0, 0.05) is 18.8 Å². The third-order valence-corrected chi connectivity index (χ3v) is 2.47. The molecule has 1 fully saturated rings. The molecular formula is C10H13FN2. The lowest BCUT2D eigenvalue weighted by Gasteiger charge is -2.02. The number of halogens is 1. The Morgan fingerprint density at radius 3 is 2.92 bits per heavy atom. The highest BCUT2D eigenvalue weighted by Crippen LogP contribution is 2.29. The van der Waals surface area contributed by atoms with Gasteiger partial charge in [-0.15, -0.1) is 0 Å². The van der Waals surface area contributed by atoms with Crippen molar-refractivity contribution in [2.45, 2.75) is 25.9 Å². The highest BCUT2D eigenvalue weighted by Gasteiger charge is 2.31. The number of pyridine rings is 1. The first-order valence-electron chi connectivity index (χ1n) is 4.59. The summed E-state index contributed by atoms with van der Waals surface area (Å²) in [5, 5.41) is 3.38. The normalized spacial score (nSPS) is 26.0. The molecule has 1 saturated carbocycles. The van der Waals surface area contributed by atoms with Crippen molar-refractivity contribution in [3.8, 4) is 0 Å². The van der Waals surface area contributed by atoms with E-state index in [9.17, 15) is 4.39 Å². The minimum absolute atomic E-state index is 0.413. The number of aromatic nitrogens is 1. The fourth-order valence-corrected chi connectivity index (χ4v) is 1.37. The smallest absolute Gasteiger partial charge is 0.212 e. The summed E-state index contributed by atoms with van der Waals surface area (Å²) in [6.45, 7) is 3.02. The molecule has 0 aromatic carbocycles. The predicted molar refractivity (Wildman–Crippen MR) is 48.6 cm³/mol. The summed E-state index contributed by atoms with van der Waals surface area (Å²) in [6.07, 6.45) is 2.84. The van der Waals surface area contributed by atoms with Crippen molar-refractivity contribution >= 4 is 0 Å². The van der Waals surface area contributed by atoms with Crippen LogP contribution in [-0.4, -0.2) is 11.0 Å². The molecular weight excluding hydrogens is 167 g/mol. The molecule has 2 atom stereocenters. The molecule has 0 saturated heterocycles. The van der Waals surface area contributed by atoms with Gasteiger partial charge in [-0.05, 0) is 24.0 Å². The Kier molecular flexibility index (Phi) is 2.27. The monoisotopic (exact) mass is 180 g/mol. The van der Waals surface area contributed by atoms with Crippen LogP contribution in [0.15, 0.2) is 18.3 Å². The Morgan fingerprint density at radius 1 is 1.62 bits per heavy atom. The van der Waals surface area contributed by atoms with Crippen LogP contribution in [0.2, 0.25) is 0 Å². The van der Waals surface area contributed by atoms with Crippen molar-refractivity contribution in [3.05, 3.63) is 29.8 Å². The van der Waals surface area contributed by atoms with Crippen molar-refractivity contribution in [3.63, 3.8) is 0 Å². The molecule has 2 unspecified atom stereocenters. The van der Waals surface area contributed by atoms with Crippen LogP contribution in [0.3, 0.4) is 0 Å². The third-order valence-electron chi connectivity index (χ3n) is 2.47. The first kappa shape index (κ1) is 8.63. The number of nitrogens with one attached hydrogen (secondary N) is 1. The third kappa shape index (κ3) is 2.25. The molecule has 1 aromatic heterocycles. The highest BCUT2D eigenvalue weighted by molar-refractivity contribution is 5.09. The van der Waals surface area contributed by atoms with E-state index in [2.05, 4.69) is 17.2 Å². The lowest BCUT2D eigenvalue weighted by atomic mass is 10.3. The van der Waals surface area contributed by atoms with Gasteiger partial charge in [0.25, 0.3) is 0 Å². The number of nitrogens with zero attached hydrogens (tertiary/aromatic N) is 1. The van der Waals surface area contributed by atoms with Crippen molar-refractivity contribution < 1.29 is 4.39 Å². The molecule has 1 aromatic rings. The van der Waals surface area contributed by atoms with Crippen molar-refractivity contribution in [1.82, 2.24) is 10.3 Å². The molecule has 1 N–H and O–H groups in total. The maximum Gasteiger partial charge on any atom is 0.212 e. The molecule has 0 aliphatic heterocycles. The maximum atomic E-state index is 12.4. The number of hydrogen-bond donors (Lipinski definition) is 1. The Labute approximate surface area is 77.2 Å². The molecule has 1 heterocycles. The van der Waals surface area contributed by atoms with Crippen LogP contribution in [0, 0.1) is 11.9 Å². The molecule has 1 aliphatic rings. The molecule has 3 heteroatoms. The van der Waals surface area contributed by atoms with Crippen LogP contribution in [-0.2, 0) is 6.54 Å². The lowest BCUT2D eigenvalue weighted by molar-refractivity contribution is 0.579. The van der Waals surface area contributed by atoms with Gasteiger partial charge in [-0.3, -0.25) is 0 Å². The van der Waals surface area contributed by atoms with Gasteiger partial charge in [-0.2, -0.15) is 4.39 Å². The predicted octanol–water partition coefficient (Wildman–Crippen LogP) is 1.72. The molecule has 2 nitrogen and oxygen atoms in total. The first-order chi connectivity index (χ1) is 6.25. The topological polar surface area (TPSA) is 24.9 Å². The Bertz CT molecular complexity index is 283. The number of rotatable bonds is 3. The zero-order valence-corrected chi connectivity index (χ0v) is 7.63. The molecule has 0 amide bonds. The Morgan fingerprint density at radius 2 is 2.38 bits per heavy atom. The molecule has 0 spiro atoms. The summed E-state index contributed by atoms with van der Waals surface area (Å²) < 4.78 is 12.4. The maximum absolute atomic E-state index is 12.4. The van der Waals surface area contributed by atoms with Crippen molar-refractivity contribution in [1.29, 1.82) is 0 Å². The molecule has 70 valence electrons. The van der Waals surface area contributed by atoms with Gasteiger partial charge in [0.2, 0.25) is 5.95 Å². The second-order valence-corrected chi connectivity index (χ2v) is 3.69. The summed E-state index contributed by atoms with van der Waals surface area (Å²) in [5.41, 5.74) is 1.04. The van der Waals surface area contributed by atoms with E-state index in [1.54, 1.807) is 12.3 Å². The van der Waals surface area contributed by atoms with Gasteiger partial charge < -0.3 is 5.32 Å². The highest BCUT2D eigenvalue weighted by atomic mass is 19.1. The molecule has 2 rings (SSSR count). The number of hydrogen-bond acceptors (Lipinski definition) is 2. The summed E-state index contributed by atoms with van der Waals surface area (Å²) in [6, 6.07) is 3.82. The van der Waals surface area contributed by atoms with E-state index in [1.165, 1.54) is 12.5 Å². The van der Waals surface area contributed by atoms with Crippen LogP contribution in [0.1, 0.15) is 18.9 Å². The van der Waals surface area contributed by atoms with Gasteiger partial charge >= 0.3 is 0 Å². The average molecular weight is 180 g/mol. The second-order valence-electron chi connectivity index (χ2n) is 3.69. The Balaban J connectivity index is 1.84. The van der Waals surface area contributed by atoms with Crippen LogP contribution in [0.4, 0.5) is 4.39 Å². The van der Waals surface area contributed by atoms with Crippen LogP contribution < -0.4 is 5.32 Å². The van der Waals surface area contributed by atoms with E-state index in [1.807, 2.05) is 0 Å². The molecule has 13 heavy (non-hydrogen) atoms. The van der Waals surface area contributed by atoms with E-state index in [0.29, 0.717) is 6.04 Å². The second kappa shape index (κ2) is 3.42. The Hall–Kier alpha value is -0.960. The standard InChI is InChI=1S/C10H13FN2/c1-7-4-9(7)12-5-8-2-3-10(11)13-6-8/h2-3,6-7,9,12H,4-5H2,1H3. The quantitative estimate of drug-likeness (QED) is 0.716. The fourth-order valence-electron chi connectivity index (χ4n) is 1.37. The summed E-state index contributed by atoms with van der Waals surface area (Å²) >= 11 is 0. The molecule has 0 bridgehead atoms. The first-order valence-corrected chi connectivity index (χ1v) is 4.59. The zero-order chi connectivity index (χ0) is 9.26. The van der Waals surface area contributed by atoms with E-state index >= 15 is 0 Å². The molecule has 0 radical (unpaired) electrons. The summed E-state index contributed by atoms with van der Waals surface area (Å²) in [4.78, 5) is 3.59. The van der Waals surface area contributed by atoms with E-state index < -0.39 is 5.95 Å². The zero-order valence-electron chi connectivity index (χ0n) is 7.63. The van der Waals surface area contributed by atoms with Gasteiger partial charge in [-0.1, -0.05) is 13.0 Å². The average Bonchev–Trinajstić information content (AvgIpc) is 2.81. The van der Waals surface area contributed by atoms with Gasteiger partial charge in [-0.25, -0.2) is 4.98 Å². The van der Waals surface area contributed by atoms with E-state index in [0.717, 1.165) is 18.0 Å². The molecule has 1 aliphatic carbocycles. The van der Waals surface area contributed by atoms with Crippen LogP contribution >= 0.6 is 0 Å². The summed E-state index contributed by atoms with van der Waals surface area (Å²) in [7, 11) is 0. The minimum atomic E-state index is -0.413. The van der Waals surface area contributed by atoms with E-state index in [4.69, 9.17) is 0 Å². The van der Waals surface area contributed by atoms with Gasteiger partial charge in [0.1, 0.15) is 0 Å². The summed E-state index contributed by atoms with van der Waals surface area (Å²) in [5.74, 6) is 0.386. The van der Waals surface area contributed by atoms with E-state index in [-0.39, 0.29) is 0 Å². The van der Waals surface area contributed by atoms with Crippen molar-refractivity contribution in [2.24, 2.45) is 5.92 Å². The van der Waals surface area contributed by atoms with Crippen LogP contribution in [0.5, 0.6) is 0 Å². The van der Waals surface area contributed by atoms with Gasteiger partial charge in [0.05, 0.1) is 0 Å².